The summed E-state index contributed by atoms with van der Waals surface area (Å²) >= 11 is 0. The third-order valence-corrected chi connectivity index (χ3v) is 5.08. The van der Waals surface area contributed by atoms with Crippen LogP contribution in [0.2, 0.25) is 0 Å². The SMILES string of the molecule is CC(C)c1ccc(CNc2nc3[nH]c(CN4CCCC4)cc(=O)n3n2)cc1. The zero-order valence-corrected chi connectivity index (χ0v) is 15.9. The van der Waals surface area contributed by atoms with Gasteiger partial charge in [0, 0.05) is 24.8 Å². The summed E-state index contributed by atoms with van der Waals surface area (Å²) in [6.45, 7) is 7.91. The van der Waals surface area contributed by atoms with E-state index in [0.29, 0.717) is 24.2 Å². The second-order valence-corrected chi connectivity index (χ2v) is 7.54. The molecule has 1 fully saturated rings. The average Bonchev–Trinajstić information content (AvgIpc) is 3.30. The number of fused-ring (bicyclic) bond motifs is 1. The average molecular weight is 366 g/mol. The van der Waals surface area contributed by atoms with E-state index >= 15 is 0 Å². The minimum Gasteiger partial charge on any atom is -0.349 e. The van der Waals surface area contributed by atoms with Crippen molar-refractivity contribution in [2.24, 2.45) is 0 Å². The predicted octanol–water partition coefficient (Wildman–Crippen LogP) is 2.75. The highest BCUT2D eigenvalue weighted by molar-refractivity contribution is 5.38. The van der Waals surface area contributed by atoms with Crippen LogP contribution in [0.1, 0.15) is 49.4 Å². The van der Waals surface area contributed by atoms with Crippen molar-refractivity contribution >= 4 is 11.7 Å². The van der Waals surface area contributed by atoms with E-state index in [1.54, 1.807) is 6.07 Å². The van der Waals surface area contributed by atoms with Crippen molar-refractivity contribution in [3.05, 3.63) is 57.5 Å². The molecule has 1 saturated heterocycles. The molecule has 0 bridgehead atoms. The Hall–Kier alpha value is -2.67. The Morgan fingerprint density at radius 3 is 2.63 bits per heavy atom. The van der Waals surface area contributed by atoms with Gasteiger partial charge in [0.15, 0.2) is 0 Å². The number of aromatic nitrogens is 4. The molecule has 1 aromatic carbocycles. The number of nitrogens with one attached hydrogen (secondary N) is 2. The summed E-state index contributed by atoms with van der Waals surface area (Å²) < 4.78 is 1.32. The van der Waals surface area contributed by atoms with Crippen LogP contribution >= 0.6 is 0 Å². The van der Waals surface area contributed by atoms with Crippen LogP contribution in [0.25, 0.3) is 5.78 Å². The zero-order chi connectivity index (χ0) is 18.8. The first-order valence-electron chi connectivity index (χ1n) is 9.62. The van der Waals surface area contributed by atoms with E-state index in [1.165, 1.54) is 22.9 Å². The van der Waals surface area contributed by atoms with Crippen LogP contribution in [0.5, 0.6) is 0 Å². The van der Waals surface area contributed by atoms with Crippen molar-refractivity contribution in [1.29, 1.82) is 0 Å². The highest BCUT2D eigenvalue weighted by atomic mass is 16.1. The lowest BCUT2D eigenvalue weighted by Gasteiger charge is -2.13. The number of aromatic amines is 1. The molecule has 142 valence electrons. The van der Waals surface area contributed by atoms with Crippen LogP contribution in [0.3, 0.4) is 0 Å². The molecule has 7 heteroatoms. The quantitative estimate of drug-likeness (QED) is 0.701. The van der Waals surface area contributed by atoms with E-state index < -0.39 is 0 Å². The number of benzene rings is 1. The van der Waals surface area contributed by atoms with Gasteiger partial charge in [0.1, 0.15) is 0 Å². The summed E-state index contributed by atoms with van der Waals surface area (Å²) in [6.07, 6.45) is 2.45. The molecule has 0 amide bonds. The zero-order valence-electron chi connectivity index (χ0n) is 15.9. The number of hydrogen-bond acceptors (Lipinski definition) is 5. The van der Waals surface area contributed by atoms with Crippen LogP contribution in [0.15, 0.2) is 35.1 Å². The fourth-order valence-corrected chi connectivity index (χ4v) is 3.48. The molecular formula is C20H26N6O. The van der Waals surface area contributed by atoms with Crippen molar-refractivity contribution in [2.45, 2.75) is 45.7 Å². The molecule has 3 heterocycles. The van der Waals surface area contributed by atoms with Gasteiger partial charge in [-0.15, -0.1) is 5.10 Å². The summed E-state index contributed by atoms with van der Waals surface area (Å²) in [5.41, 5.74) is 3.21. The Morgan fingerprint density at radius 2 is 1.93 bits per heavy atom. The van der Waals surface area contributed by atoms with Gasteiger partial charge in [-0.3, -0.25) is 9.69 Å². The molecule has 2 N–H and O–H groups in total. The molecule has 0 radical (unpaired) electrons. The van der Waals surface area contributed by atoms with E-state index in [4.69, 9.17) is 0 Å². The topological polar surface area (TPSA) is 78.3 Å². The number of H-pyrrole nitrogens is 1. The van der Waals surface area contributed by atoms with E-state index in [0.717, 1.165) is 30.9 Å². The van der Waals surface area contributed by atoms with Gasteiger partial charge in [-0.05, 0) is 43.0 Å². The van der Waals surface area contributed by atoms with Crippen LogP contribution in [-0.2, 0) is 13.1 Å². The molecule has 0 spiro atoms. The highest BCUT2D eigenvalue weighted by Gasteiger charge is 2.14. The Labute approximate surface area is 158 Å². The Kier molecular flexibility index (Phi) is 4.94. The Morgan fingerprint density at radius 1 is 1.19 bits per heavy atom. The van der Waals surface area contributed by atoms with Gasteiger partial charge < -0.3 is 10.3 Å². The summed E-state index contributed by atoms with van der Waals surface area (Å²) in [6, 6.07) is 10.1. The van der Waals surface area contributed by atoms with Crippen molar-refractivity contribution in [3.63, 3.8) is 0 Å². The summed E-state index contributed by atoms with van der Waals surface area (Å²) in [5.74, 6) is 1.46. The number of nitrogens with zero attached hydrogens (tertiary/aromatic N) is 4. The van der Waals surface area contributed by atoms with E-state index in [2.05, 4.69) is 63.4 Å². The lowest BCUT2D eigenvalue weighted by atomic mass is 10.0. The molecule has 0 unspecified atom stereocenters. The lowest BCUT2D eigenvalue weighted by molar-refractivity contribution is 0.327. The van der Waals surface area contributed by atoms with E-state index in [9.17, 15) is 4.79 Å². The van der Waals surface area contributed by atoms with Gasteiger partial charge in [-0.25, -0.2) is 0 Å². The highest BCUT2D eigenvalue weighted by Crippen LogP contribution is 2.15. The molecule has 0 saturated carbocycles. The maximum atomic E-state index is 12.4. The van der Waals surface area contributed by atoms with Crippen molar-refractivity contribution in [3.8, 4) is 0 Å². The van der Waals surface area contributed by atoms with Crippen LogP contribution in [0.4, 0.5) is 5.95 Å². The molecule has 2 aromatic heterocycles. The fraction of sp³-hybridized carbons (Fsp3) is 0.450. The Balaban J connectivity index is 1.47. The van der Waals surface area contributed by atoms with Gasteiger partial charge in [0.2, 0.25) is 11.7 Å². The van der Waals surface area contributed by atoms with Gasteiger partial charge in [0.05, 0.1) is 0 Å². The van der Waals surface area contributed by atoms with E-state index in [-0.39, 0.29) is 5.56 Å². The molecule has 1 aliphatic heterocycles. The molecule has 0 atom stereocenters. The van der Waals surface area contributed by atoms with Gasteiger partial charge in [0.25, 0.3) is 5.56 Å². The van der Waals surface area contributed by atoms with Crippen molar-refractivity contribution < 1.29 is 0 Å². The van der Waals surface area contributed by atoms with E-state index in [1.807, 2.05) is 0 Å². The molecular weight excluding hydrogens is 340 g/mol. The molecule has 7 nitrogen and oxygen atoms in total. The predicted molar refractivity (Wildman–Crippen MR) is 106 cm³/mol. The first-order chi connectivity index (χ1) is 13.1. The molecule has 4 rings (SSSR count). The van der Waals surface area contributed by atoms with Gasteiger partial charge >= 0.3 is 0 Å². The number of rotatable bonds is 6. The number of hydrogen-bond donors (Lipinski definition) is 2. The van der Waals surface area contributed by atoms with Crippen LogP contribution in [0, 0.1) is 0 Å². The number of anilines is 1. The molecule has 0 aliphatic carbocycles. The molecule has 1 aliphatic rings. The normalized spacial score (nSPS) is 15.1. The molecule has 27 heavy (non-hydrogen) atoms. The summed E-state index contributed by atoms with van der Waals surface area (Å²) in [4.78, 5) is 22.4. The third kappa shape index (κ3) is 4.03. The Bertz CT molecular complexity index is 966. The summed E-state index contributed by atoms with van der Waals surface area (Å²) in [5, 5.41) is 7.49. The first-order valence-corrected chi connectivity index (χ1v) is 9.62. The minimum atomic E-state index is -0.153. The maximum Gasteiger partial charge on any atom is 0.275 e. The van der Waals surface area contributed by atoms with Crippen LogP contribution in [-0.4, -0.2) is 37.6 Å². The third-order valence-electron chi connectivity index (χ3n) is 5.08. The van der Waals surface area contributed by atoms with Crippen molar-refractivity contribution in [2.75, 3.05) is 18.4 Å². The lowest BCUT2D eigenvalue weighted by Crippen LogP contribution is -2.22. The first kappa shape index (κ1) is 17.7. The maximum absolute atomic E-state index is 12.4. The minimum absolute atomic E-state index is 0.153. The van der Waals surface area contributed by atoms with Crippen molar-refractivity contribution in [1.82, 2.24) is 24.5 Å². The standard InChI is InChI=1S/C20H26N6O/c1-14(2)16-7-5-15(6-8-16)12-21-19-23-20-22-17(11-18(27)26(20)24-19)13-25-9-3-4-10-25/h5-8,11,14H,3-4,9-10,12-13H2,1-2H3,(H2,21,22,23,24). The number of likely N-dealkylation sites (tertiary alicyclic amines) is 1. The van der Waals surface area contributed by atoms with Gasteiger partial charge in [-0.1, -0.05) is 38.1 Å². The molecule has 3 aromatic rings. The van der Waals surface area contributed by atoms with Crippen LogP contribution < -0.4 is 10.9 Å². The summed E-state index contributed by atoms with van der Waals surface area (Å²) in [7, 11) is 0. The second kappa shape index (κ2) is 7.52. The smallest absolute Gasteiger partial charge is 0.275 e. The second-order valence-electron chi connectivity index (χ2n) is 7.54. The largest absolute Gasteiger partial charge is 0.349 e. The fourth-order valence-electron chi connectivity index (χ4n) is 3.48. The monoisotopic (exact) mass is 366 g/mol. The van der Waals surface area contributed by atoms with Gasteiger partial charge in [-0.2, -0.15) is 9.50 Å².